The molecule has 2 aromatic rings. The minimum atomic E-state index is -0.0753. The smallest absolute Gasteiger partial charge is 0.248 e. The fourth-order valence-corrected chi connectivity index (χ4v) is 1.39. The van der Waals surface area contributed by atoms with E-state index in [1.165, 1.54) is 6.07 Å². The molecule has 0 unspecified atom stereocenters. The van der Waals surface area contributed by atoms with Crippen LogP contribution >= 0.6 is 0 Å². The van der Waals surface area contributed by atoms with Crippen LogP contribution in [0.25, 0.3) is 17.0 Å². The second kappa shape index (κ2) is 2.90. The van der Waals surface area contributed by atoms with Gasteiger partial charge in [-0.15, -0.1) is 0 Å². The molecule has 1 aromatic heterocycles. The first kappa shape index (κ1) is 7.80. The molecule has 64 valence electrons. The molecule has 0 bridgehead atoms. The van der Waals surface area contributed by atoms with Gasteiger partial charge >= 0.3 is 0 Å². The van der Waals surface area contributed by atoms with E-state index >= 15 is 0 Å². The van der Waals surface area contributed by atoms with Crippen LogP contribution in [0.3, 0.4) is 0 Å². The molecular weight excluding hydrogens is 162 g/mol. The number of H-pyrrole nitrogens is 1. The molecule has 0 saturated heterocycles. The standard InChI is InChI=1S/C11H9NO/c1-2-8-4-3-5-10-9(8)6-7-11(13)12-10/h2-7H,1H2,(H,12,13). The van der Waals surface area contributed by atoms with Gasteiger partial charge in [-0.1, -0.05) is 24.8 Å². The summed E-state index contributed by atoms with van der Waals surface area (Å²) in [6.45, 7) is 3.71. The SMILES string of the molecule is C=Cc1cccc2[nH]c(=O)ccc12. The summed E-state index contributed by atoms with van der Waals surface area (Å²) >= 11 is 0. The Hall–Kier alpha value is -1.83. The lowest BCUT2D eigenvalue weighted by Crippen LogP contribution is -2.02. The monoisotopic (exact) mass is 171 g/mol. The Morgan fingerprint density at radius 1 is 1.23 bits per heavy atom. The summed E-state index contributed by atoms with van der Waals surface area (Å²) in [4.78, 5) is 13.8. The molecule has 0 saturated carbocycles. The van der Waals surface area contributed by atoms with Gasteiger partial charge in [-0.2, -0.15) is 0 Å². The number of aromatic amines is 1. The Labute approximate surface area is 75.5 Å². The molecule has 0 aliphatic heterocycles. The topological polar surface area (TPSA) is 32.9 Å². The third kappa shape index (κ3) is 1.26. The molecule has 13 heavy (non-hydrogen) atoms. The van der Waals surface area contributed by atoms with Gasteiger partial charge in [-0.05, 0) is 17.7 Å². The second-order valence-corrected chi connectivity index (χ2v) is 2.84. The van der Waals surface area contributed by atoms with Gasteiger partial charge < -0.3 is 4.98 Å². The Morgan fingerprint density at radius 3 is 2.85 bits per heavy atom. The zero-order valence-corrected chi connectivity index (χ0v) is 7.08. The van der Waals surface area contributed by atoms with Gasteiger partial charge in [0.25, 0.3) is 0 Å². The van der Waals surface area contributed by atoms with E-state index in [0.29, 0.717) is 0 Å². The van der Waals surface area contributed by atoms with Crippen LogP contribution in [-0.2, 0) is 0 Å². The largest absolute Gasteiger partial charge is 0.322 e. The second-order valence-electron chi connectivity index (χ2n) is 2.84. The van der Waals surface area contributed by atoms with E-state index in [2.05, 4.69) is 11.6 Å². The Balaban J connectivity index is 2.92. The van der Waals surface area contributed by atoms with Crippen LogP contribution in [-0.4, -0.2) is 4.98 Å². The molecule has 2 heteroatoms. The molecule has 0 fully saturated rings. The average Bonchev–Trinajstić information content (AvgIpc) is 2.16. The van der Waals surface area contributed by atoms with Gasteiger partial charge in [-0.25, -0.2) is 0 Å². The maximum Gasteiger partial charge on any atom is 0.248 e. The molecule has 2 nitrogen and oxygen atoms in total. The third-order valence-electron chi connectivity index (χ3n) is 2.02. The van der Waals surface area contributed by atoms with Crippen molar-refractivity contribution in [2.45, 2.75) is 0 Å². The van der Waals surface area contributed by atoms with E-state index in [0.717, 1.165) is 16.5 Å². The number of fused-ring (bicyclic) bond motifs is 1. The summed E-state index contributed by atoms with van der Waals surface area (Å²) in [6.07, 6.45) is 1.78. The molecular formula is C11H9NO. The highest BCUT2D eigenvalue weighted by Crippen LogP contribution is 2.15. The van der Waals surface area contributed by atoms with Gasteiger partial charge in [-0.3, -0.25) is 4.79 Å². The number of nitrogens with one attached hydrogen (secondary N) is 1. The molecule has 0 radical (unpaired) electrons. The van der Waals surface area contributed by atoms with Gasteiger partial charge in [0.15, 0.2) is 0 Å². The third-order valence-corrected chi connectivity index (χ3v) is 2.02. The maximum atomic E-state index is 11.0. The first-order valence-electron chi connectivity index (χ1n) is 4.06. The van der Waals surface area contributed by atoms with Gasteiger partial charge in [0.05, 0.1) is 0 Å². The molecule has 1 aromatic carbocycles. The molecule has 0 amide bonds. The van der Waals surface area contributed by atoms with Crippen LogP contribution in [0.2, 0.25) is 0 Å². The van der Waals surface area contributed by atoms with E-state index in [4.69, 9.17) is 0 Å². The maximum absolute atomic E-state index is 11.0. The zero-order chi connectivity index (χ0) is 9.26. The Morgan fingerprint density at radius 2 is 2.08 bits per heavy atom. The molecule has 0 aliphatic carbocycles. The van der Waals surface area contributed by atoms with Crippen molar-refractivity contribution >= 4 is 17.0 Å². The van der Waals surface area contributed by atoms with Gasteiger partial charge in [0, 0.05) is 17.0 Å². The van der Waals surface area contributed by atoms with Crippen molar-refractivity contribution < 1.29 is 0 Å². The summed E-state index contributed by atoms with van der Waals surface area (Å²) in [5, 5.41) is 1.03. The van der Waals surface area contributed by atoms with E-state index < -0.39 is 0 Å². The minimum Gasteiger partial charge on any atom is -0.322 e. The number of rotatable bonds is 1. The van der Waals surface area contributed by atoms with E-state index in [1.807, 2.05) is 24.3 Å². The summed E-state index contributed by atoms with van der Waals surface area (Å²) < 4.78 is 0. The number of benzene rings is 1. The first-order chi connectivity index (χ1) is 6.31. The van der Waals surface area contributed by atoms with E-state index in [-0.39, 0.29) is 5.56 Å². The molecule has 0 aliphatic rings. The highest BCUT2D eigenvalue weighted by atomic mass is 16.1. The van der Waals surface area contributed by atoms with Crippen molar-refractivity contribution in [3.8, 4) is 0 Å². The Bertz CT molecular complexity index is 511. The number of aromatic nitrogens is 1. The lowest BCUT2D eigenvalue weighted by Gasteiger charge is -1.99. The molecule has 1 N–H and O–H groups in total. The van der Waals surface area contributed by atoms with E-state index in [1.54, 1.807) is 6.08 Å². The number of pyridine rings is 1. The lowest BCUT2D eigenvalue weighted by molar-refractivity contribution is 1.31. The minimum absolute atomic E-state index is 0.0753. The van der Waals surface area contributed by atoms with Crippen molar-refractivity contribution in [3.63, 3.8) is 0 Å². The van der Waals surface area contributed by atoms with Gasteiger partial charge in [0.2, 0.25) is 5.56 Å². The molecule has 0 atom stereocenters. The number of hydrogen-bond acceptors (Lipinski definition) is 1. The van der Waals surface area contributed by atoms with Crippen LogP contribution in [0.15, 0.2) is 41.7 Å². The zero-order valence-electron chi connectivity index (χ0n) is 7.08. The van der Waals surface area contributed by atoms with Crippen LogP contribution in [0.1, 0.15) is 5.56 Å². The number of hydrogen-bond donors (Lipinski definition) is 1. The van der Waals surface area contributed by atoms with Crippen LogP contribution in [0, 0.1) is 0 Å². The fourth-order valence-electron chi connectivity index (χ4n) is 1.39. The molecule has 0 spiro atoms. The quantitative estimate of drug-likeness (QED) is 0.700. The summed E-state index contributed by atoms with van der Waals surface area (Å²) in [6, 6.07) is 9.08. The highest BCUT2D eigenvalue weighted by molar-refractivity contribution is 5.87. The van der Waals surface area contributed by atoms with Crippen molar-refractivity contribution in [2.75, 3.05) is 0 Å². The van der Waals surface area contributed by atoms with Crippen molar-refractivity contribution in [1.29, 1.82) is 0 Å². The predicted octanol–water partition coefficient (Wildman–Crippen LogP) is 2.17. The first-order valence-corrected chi connectivity index (χ1v) is 4.06. The molecule has 2 rings (SSSR count). The summed E-state index contributed by atoms with van der Waals surface area (Å²) in [7, 11) is 0. The highest BCUT2D eigenvalue weighted by Gasteiger charge is 1.96. The van der Waals surface area contributed by atoms with Crippen molar-refractivity contribution in [1.82, 2.24) is 4.98 Å². The van der Waals surface area contributed by atoms with Crippen LogP contribution < -0.4 is 5.56 Å². The van der Waals surface area contributed by atoms with E-state index in [9.17, 15) is 4.79 Å². The normalized spacial score (nSPS) is 10.2. The lowest BCUT2D eigenvalue weighted by atomic mass is 10.1. The molecule has 1 heterocycles. The fraction of sp³-hybridized carbons (Fsp3) is 0. The summed E-state index contributed by atoms with van der Waals surface area (Å²) in [5.41, 5.74) is 1.81. The average molecular weight is 171 g/mol. The Kier molecular flexibility index (Phi) is 1.74. The summed E-state index contributed by atoms with van der Waals surface area (Å²) in [5.74, 6) is 0. The van der Waals surface area contributed by atoms with Crippen LogP contribution in [0.5, 0.6) is 0 Å². The predicted molar refractivity (Wildman–Crippen MR) is 54.7 cm³/mol. The van der Waals surface area contributed by atoms with Crippen molar-refractivity contribution in [2.24, 2.45) is 0 Å². The van der Waals surface area contributed by atoms with Gasteiger partial charge in [0.1, 0.15) is 0 Å². The van der Waals surface area contributed by atoms with Crippen LogP contribution in [0.4, 0.5) is 0 Å². The van der Waals surface area contributed by atoms with Crippen molar-refractivity contribution in [3.05, 3.63) is 52.8 Å².